The van der Waals surface area contributed by atoms with Crippen molar-refractivity contribution in [2.45, 2.75) is 65.3 Å². The molecule has 108 valence electrons. The molecule has 0 bridgehead atoms. The average Bonchev–Trinajstić information content (AvgIpc) is 2.39. The summed E-state index contributed by atoms with van der Waals surface area (Å²) in [4.78, 5) is 0. The molecular weight excluding hydrogens is 242 g/mol. The molecule has 0 radical (unpaired) electrons. The Morgan fingerprint density at radius 3 is 2.39 bits per heavy atom. The van der Waals surface area contributed by atoms with E-state index in [0.717, 1.165) is 30.4 Å². The van der Waals surface area contributed by atoms with Crippen LogP contribution in [0.4, 0.5) is 0 Å². The monoisotopic (exact) mass is 273 g/mol. The zero-order chi connectivity index (χ0) is 13.4. The van der Waals surface area contributed by atoms with Crippen molar-refractivity contribution in [3.63, 3.8) is 0 Å². The van der Waals surface area contributed by atoms with Gasteiger partial charge in [0.2, 0.25) is 0 Å². The molecule has 1 N–H and O–H groups in total. The maximum atomic E-state index is 12.2. The molecule has 0 aliphatic heterocycles. The average molecular weight is 273 g/mol. The van der Waals surface area contributed by atoms with Crippen LogP contribution in [0.25, 0.3) is 0 Å². The van der Waals surface area contributed by atoms with E-state index in [0.29, 0.717) is 12.0 Å². The Balaban J connectivity index is 2.43. The van der Waals surface area contributed by atoms with Crippen molar-refractivity contribution in [3.8, 4) is 0 Å². The van der Waals surface area contributed by atoms with Crippen molar-refractivity contribution < 1.29 is 4.21 Å². The van der Waals surface area contributed by atoms with E-state index in [1.54, 1.807) is 0 Å². The zero-order valence-corrected chi connectivity index (χ0v) is 13.2. The van der Waals surface area contributed by atoms with E-state index in [4.69, 9.17) is 0 Å². The molecule has 1 saturated carbocycles. The van der Waals surface area contributed by atoms with Crippen LogP contribution in [0.3, 0.4) is 0 Å². The van der Waals surface area contributed by atoms with Gasteiger partial charge < -0.3 is 5.32 Å². The first-order valence-corrected chi connectivity index (χ1v) is 9.24. The van der Waals surface area contributed by atoms with Crippen molar-refractivity contribution in [3.05, 3.63) is 0 Å². The topological polar surface area (TPSA) is 29.1 Å². The number of nitrogens with one attached hydrogen (secondary N) is 1. The molecule has 1 aliphatic rings. The smallest absolute Gasteiger partial charge is 0.0391 e. The highest BCUT2D eigenvalue weighted by Gasteiger charge is 2.24. The van der Waals surface area contributed by atoms with E-state index in [2.05, 4.69) is 26.1 Å². The first kappa shape index (κ1) is 16.2. The van der Waals surface area contributed by atoms with Gasteiger partial charge in [0, 0.05) is 28.3 Å². The molecule has 0 aromatic carbocycles. The van der Waals surface area contributed by atoms with Gasteiger partial charge in [-0.1, -0.05) is 46.5 Å². The number of hydrogen-bond acceptors (Lipinski definition) is 2. The highest BCUT2D eigenvalue weighted by Crippen LogP contribution is 2.27. The van der Waals surface area contributed by atoms with Crippen LogP contribution in [0.5, 0.6) is 0 Å². The summed E-state index contributed by atoms with van der Waals surface area (Å²) in [7, 11) is -0.646. The summed E-state index contributed by atoms with van der Waals surface area (Å²) in [6.45, 7) is 7.56. The molecule has 0 amide bonds. The number of hydrogen-bond donors (Lipinski definition) is 1. The number of rotatable bonds is 8. The Labute approximate surface area is 116 Å². The molecule has 3 unspecified atom stereocenters. The van der Waals surface area contributed by atoms with Crippen LogP contribution in [0.2, 0.25) is 0 Å². The van der Waals surface area contributed by atoms with Gasteiger partial charge in [0.05, 0.1) is 0 Å². The fourth-order valence-corrected chi connectivity index (χ4v) is 4.66. The summed E-state index contributed by atoms with van der Waals surface area (Å²) in [6, 6.07) is 0.486. The van der Waals surface area contributed by atoms with Crippen molar-refractivity contribution in [1.82, 2.24) is 5.32 Å². The Bertz CT molecular complexity index is 239. The van der Waals surface area contributed by atoms with Crippen LogP contribution in [-0.2, 0) is 10.8 Å². The Kier molecular flexibility index (Phi) is 8.16. The lowest BCUT2D eigenvalue weighted by Gasteiger charge is -2.30. The van der Waals surface area contributed by atoms with E-state index in [9.17, 15) is 4.21 Å². The van der Waals surface area contributed by atoms with Crippen molar-refractivity contribution in [2.24, 2.45) is 11.8 Å². The summed E-state index contributed by atoms with van der Waals surface area (Å²) >= 11 is 0. The molecule has 0 saturated heterocycles. The first-order chi connectivity index (χ1) is 8.67. The minimum atomic E-state index is -0.646. The predicted molar refractivity (Wildman–Crippen MR) is 81.4 cm³/mol. The van der Waals surface area contributed by atoms with Crippen molar-refractivity contribution in [2.75, 3.05) is 18.1 Å². The molecule has 3 atom stereocenters. The standard InChI is InChI=1S/C15H31NOS/c1-4-13(3)11-18(17)12-15(16-5-2)14-9-7-6-8-10-14/h13-16H,4-12H2,1-3H3. The Morgan fingerprint density at radius 1 is 1.17 bits per heavy atom. The second kappa shape index (κ2) is 9.08. The van der Waals surface area contributed by atoms with Crippen molar-refractivity contribution >= 4 is 10.8 Å². The maximum Gasteiger partial charge on any atom is 0.0391 e. The third-order valence-electron chi connectivity index (χ3n) is 4.22. The summed E-state index contributed by atoms with van der Waals surface area (Å²) < 4.78 is 12.2. The molecular formula is C15H31NOS. The molecule has 3 heteroatoms. The van der Waals surface area contributed by atoms with Gasteiger partial charge in [-0.15, -0.1) is 0 Å². The second-order valence-electron chi connectivity index (χ2n) is 5.85. The highest BCUT2D eigenvalue weighted by molar-refractivity contribution is 7.85. The van der Waals surface area contributed by atoms with E-state index in [-0.39, 0.29) is 0 Å². The lowest BCUT2D eigenvalue weighted by molar-refractivity contribution is 0.287. The third-order valence-corrected chi connectivity index (χ3v) is 5.89. The molecule has 18 heavy (non-hydrogen) atoms. The third kappa shape index (κ3) is 5.83. The molecule has 1 fully saturated rings. The normalized spacial score (nSPS) is 22.6. The van der Waals surface area contributed by atoms with Crippen LogP contribution < -0.4 is 5.32 Å². The van der Waals surface area contributed by atoms with Gasteiger partial charge in [0.1, 0.15) is 0 Å². The Morgan fingerprint density at radius 2 is 1.83 bits per heavy atom. The van der Waals surface area contributed by atoms with Crippen LogP contribution in [0.15, 0.2) is 0 Å². The van der Waals surface area contributed by atoms with Gasteiger partial charge in [0.15, 0.2) is 0 Å². The predicted octanol–water partition coefficient (Wildman–Crippen LogP) is 3.34. The van der Waals surface area contributed by atoms with Crippen LogP contribution >= 0.6 is 0 Å². The SMILES string of the molecule is CCNC(CS(=O)CC(C)CC)C1CCCCC1. The minimum Gasteiger partial charge on any atom is -0.313 e. The van der Waals surface area contributed by atoms with Crippen LogP contribution in [0, 0.1) is 11.8 Å². The van der Waals surface area contributed by atoms with Gasteiger partial charge in [-0.3, -0.25) is 4.21 Å². The summed E-state index contributed by atoms with van der Waals surface area (Å²) in [5.41, 5.74) is 0. The highest BCUT2D eigenvalue weighted by atomic mass is 32.2. The first-order valence-electron chi connectivity index (χ1n) is 7.75. The van der Waals surface area contributed by atoms with Crippen LogP contribution in [0.1, 0.15) is 59.3 Å². The molecule has 2 nitrogen and oxygen atoms in total. The molecule has 0 aromatic heterocycles. The van der Waals surface area contributed by atoms with Gasteiger partial charge in [-0.2, -0.15) is 0 Å². The minimum absolute atomic E-state index is 0.486. The largest absolute Gasteiger partial charge is 0.313 e. The lowest BCUT2D eigenvalue weighted by atomic mass is 9.84. The molecule has 1 aliphatic carbocycles. The molecule has 1 rings (SSSR count). The fraction of sp³-hybridized carbons (Fsp3) is 1.00. The van der Waals surface area contributed by atoms with Gasteiger partial charge in [0.25, 0.3) is 0 Å². The van der Waals surface area contributed by atoms with Crippen molar-refractivity contribution in [1.29, 1.82) is 0 Å². The van der Waals surface area contributed by atoms with Gasteiger partial charge in [-0.25, -0.2) is 0 Å². The zero-order valence-electron chi connectivity index (χ0n) is 12.4. The van der Waals surface area contributed by atoms with E-state index < -0.39 is 10.8 Å². The van der Waals surface area contributed by atoms with Crippen LogP contribution in [-0.4, -0.2) is 28.3 Å². The Hall–Kier alpha value is 0.110. The quantitative estimate of drug-likeness (QED) is 0.735. The summed E-state index contributed by atoms with van der Waals surface area (Å²) in [5, 5.41) is 3.58. The van der Waals surface area contributed by atoms with Gasteiger partial charge in [-0.05, 0) is 31.2 Å². The lowest BCUT2D eigenvalue weighted by Crippen LogP contribution is -2.41. The fourth-order valence-electron chi connectivity index (χ4n) is 2.86. The summed E-state index contributed by atoms with van der Waals surface area (Å²) in [6.07, 6.45) is 7.93. The molecule has 0 aromatic rings. The molecule has 0 heterocycles. The summed E-state index contributed by atoms with van der Waals surface area (Å²) in [5.74, 6) is 3.10. The van der Waals surface area contributed by atoms with Gasteiger partial charge >= 0.3 is 0 Å². The van der Waals surface area contributed by atoms with E-state index in [1.807, 2.05) is 0 Å². The van der Waals surface area contributed by atoms with E-state index in [1.165, 1.54) is 32.1 Å². The molecule has 0 spiro atoms. The second-order valence-corrected chi connectivity index (χ2v) is 7.40. The van der Waals surface area contributed by atoms with E-state index >= 15 is 0 Å². The maximum absolute atomic E-state index is 12.2.